The predicted octanol–water partition coefficient (Wildman–Crippen LogP) is 4.60. The van der Waals surface area contributed by atoms with Gasteiger partial charge >= 0.3 is 5.69 Å². The number of nitro benzene ring substituents is 1. The van der Waals surface area contributed by atoms with Gasteiger partial charge in [-0.3, -0.25) is 10.1 Å². The number of hydrogen-bond donors (Lipinski definition) is 0. The first-order valence-corrected chi connectivity index (χ1v) is 6.14. The van der Waals surface area contributed by atoms with Gasteiger partial charge in [-0.05, 0) is 36.8 Å². The normalized spacial score (nSPS) is 10.3. The molecule has 0 aromatic heterocycles. The van der Waals surface area contributed by atoms with E-state index < -0.39 is 16.4 Å². The van der Waals surface area contributed by atoms with Gasteiger partial charge < -0.3 is 4.74 Å². The summed E-state index contributed by atoms with van der Waals surface area (Å²) in [5.41, 5.74) is 0.418. The molecule has 0 bridgehead atoms. The summed E-state index contributed by atoms with van der Waals surface area (Å²) in [6.07, 6.45) is 0. The van der Waals surface area contributed by atoms with Crippen LogP contribution >= 0.6 is 15.9 Å². The van der Waals surface area contributed by atoms with Crippen molar-refractivity contribution in [2.24, 2.45) is 0 Å². The molecular weight excluding hydrogens is 317 g/mol. The van der Waals surface area contributed by atoms with Crippen molar-refractivity contribution in [2.75, 3.05) is 0 Å². The number of halogens is 2. The Labute approximate surface area is 117 Å². The Morgan fingerprint density at radius 3 is 2.63 bits per heavy atom. The zero-order chi connectivity index (χ0) is 14.0. The van der Waals surface area contributed by atoms with E-state index >= 15 is 0 Å². The highest BCUT2D eigenvalue weighted by molar-refractivity contribution is 9.10. The molecular formula is C13H9BrFNO3. The van der Waals surface area contributed by atoms with Crippen molar-refractivity contribution in [3.05, 3.63) is 62.4 Å². The molecule has 0 spiro atoms. The van der Waals surface area contributed by atoms with Crippen molar-refractivity contribution in [1.29, 1.82) is 0 Å². The first-order valence-electron chi connectivity index (χ1n) is 5.35. The van der Waals surface area contributed by atoms with E-state index in [4.69, 9.17) is 4.74 Å². The number of benzene rings is 2. The van der Waals surface area contributed by atoms with Crippen LogP contribution < -0.4 is 4.74 Å². The Morgan fingerprint density at radius 1 is 1.21 bits per heavy atom. The summed E-state index contributed by atoms with van der Waals surface area (Å²) < 4.78 is 19.3. The van der Waals surface area contributed by atoms with Gasteiger partial charge in [0.25, 0.3) is 0 Å². The van der Waals surface area contributed by atoms with E-state index in [9.17, 15) is 14.5 Å². The van der Waals surface area contributed by atoms with Gasteiger partial charge in [0.15, 0.2) is 0 Å². The van der Waals surface area contributed by atoms with Crippen molar-refractivity contribution in [1.82, 2.24) is 0 Å². The van der Waals surface area contributed by atoms with E-state index in [1.807, 2.05) is 19.1 Å². The Kier molecular flexibility index (Phi) is 3.80. The number of nitro groups is 1. The summed E-state index contributed by atoms with van der Waals surface area (Å²) >= 11 is 3.29. The average Bonchev–Trinajstić information content (AvgIpc) is 2.35. The molecule has 0 aliphatic carbocycles. The van der Waals surface area contributed by atoms with Crippen LogP contribution in [-0.4, -0.2) is 4.92 Å². The summed E-state index contributed by atoms with van der Waals surface area (Å²) in [5, 5.41) is 10.9. The van der Waals surface area contributed by atoms with Crippen LogP contribution in [0.2, 0.25) is 0 Å². The number of rotatable bonds is 3. The predicted molar refractivity (Wildman–Crippen MR) is 72.0 cm³/mol. The Bertz CT molecular complexity index is 646. The number of nitrogens with zero attached hydrogens (tertiary/aromatic N) is 1. The zero-order valence-corrected chi connectivity index (χ0v) is 11.5. The van der Waals surface area contributed by atoms with Crippen molar-refractivity contribution in [2.45, 2.75) is 6.92 Å². The quantitative estimate of drug-likeness (QED) is 0.612. The number of ether oxygens (including phenoxy) is 1. The van der Waals surface area contributed by atoms with Crippen LogP contribution in [0.25, 0.3) is 0 Å². The monoisotopic (exact) mass is 325 g/mol. The fourth-order valence-electron chi connectivity index (χ4n) is 1.52. The third-order valence-corrected chi connectivity index (χ3v) is 2.98. The smallest absolute Gasteiger partial charge is 0.314 e. The first-order chi connectivity index (χ1) is 8.97. The molecule has 0 heterocycles. The lowest BCUT2D eigenvalue weighted by Crippen LogP contribution is -1.95. The summed E-state index contributed by atoms with van der Waals surface area (Å²) in [5.74, 6) is -0.193. The Hall–Kier alpha value is -1.95. The minimum atomic E-state index is -0.676. The second-order valence-corrected chi connectivity index (χ2v) is 4.80. The maximum absolute atomic E-state index is 13.0. The van der Waals surface area contributed by atoms with Crippen LogP contribution in [-0.2, 0) is 0 Å². The van der Waals surface area contributed by atoms with Crippen LogP contribution in [0, 0.1) is 22.9 Å². The van der Waals surface area contributed by atoms with Gasteiger partial charge in [0.2, 0.25) is 5.75 Å². The molecule has 0 atom stereocenters. The molecule has 0 aliphatic rings. The van der Waals surface area contributed by atoms with Gasteiger partial charge in [-0.2, -0.15) is 0 Å². The van der Waals surface area contributed by atoms with Crippen molar-refractivity contribution in [3.8, 4) is 11.5 Å². The van der Waals surface area contributed by atoms with E-state index in [1.165, 1.54) is 6.07 Å². The highest BCUT2D eigenvalue weighted by Gasteiger charge is 2.17. The molecule has 0 fully saturated rings. The molecule has 0 saturated heterocycles. The second-order valence-electron chi connectivity index (χ2n) is 3.88. The van der Waals surface area contributed by atoms with Gasteiger partial charge in [0, 0.05) is 4.47 Å². The van der Waals surface area contributed by atoms with Gasteiger partial charge in [-0.25, -0.2) is 4.39 Å². The highest BCUT2D eigenvalue weighted by Crippen LogP contribution is 2.34. The third-order valence-electron chi connectivity index (χ3n) is 2.49. The summed E-state index contributed by atoms with van der Waals surface area (Å²) in [6, 6.07) is 8.55. The summed E-state index contributed by atoms with van der Waals surface area (Å²) in [6.45, 7) is 1.82. The molecule has 98 valence electrons. The molecule has 0 aliphatic heterocycles. The molecule has 0 N–H and O–H groups in total. The lowest BCUT2D eigenvalue weighted by Gasteiger charge is -2.09. The molecule has 2 rings (SSSR count). The van der Waals surface area contributed by atoms with Gasteiger partial charge in [-0.1, -0.05) is 22.0 Å². The minimum absolute atomic E-state index is 0.00704. The number of hydrogen-bond acceptors (Lipinski definition) is 3. The first kappa shape index (κ1) is 13.5. The van der Waals surface area contributed by atoms with Crippen LogP contribution in [0.4, 0.5) is 10.1 Å². The van der Waals surface area contributed by atoms with Crippen LogP contribution in [0.3, 0.4) is 0 Å². The summed E-state index contributed by atoms with van der Waals surface area (Å²) in [7, 11) is 0. The number of aryl methyl sites for hydroxylation is 1. The molecule has 0 unspecified atom stereocenters. The fourth-order valence-corrected chi connectivity index (χ4v) is 1.86. The van der Waals surface area contributed by atoms with E-state index in [0.29, 0.717) is 5.75 Å². The molecule has 2 aromatic carbocycles. The highest BCUT2D eigenvalue weighted by atomic mass is 79.9. The van der Waals surface area contributed by atoms with Gasteiger partial charge in [0.05, 0.1) is 11.0 Å². The van der Waals surface area contributed by atoms with E-state index in [1.54, 1.807) is 6.07 Å². The van der Waals surface area contributed by atoms with E-state index in [-0.39, 0.29) is 5.75 Å². The molecule has 0 amide bonds. The van der Waals surface area contributed by atoms with Crippen LogP contribution in [0.5, 0.6) is 11.5 Å². The second kappa shape index (κ2) is 5.36. The average molecular weight is 326 g/mol. The molecule has 0 saturated carbocycles. The molecule has 6 heteroatoms. The van der Waals surface area contributed by atoms with Gasteiger partial charge in [-0.15, -0.1) is 0 Å². The molecule has 0 radical (unpaired) electrons. The van der Waals surface area contributed by atoms with Crippen molar-refractivity contribution < 1.29 is 14.1 Å². The molecule has 19 heavy (non-hydrogen) atoms. The van der Waals surface area contributed by atoms with Crippen LogP contribution in [0.15, 0.2) is 40.9 Å². The van der Waals surface area contributed by atoms with E-state index in [2.05, 4.69) is 15.9 Å². The SMILES string of the molecule is Cc1ccc(Br)cc1Oc1ccc(F)cc1[N+](=O)[O-]. The third kappa shape index (κ3) is 3.08. The maximum atomic E-state index is 13.0. The molecule has 4 nitrogen and oxygen atoms in total. The Balaban J connectivity index is 2.43. The lowest BCUT2D eigenvalue weighted by atomic mass is 10.2. The standard InChI is InChI=1S/C13H9BrFNO3/c1-8-2-3-9(14)6-13(8)19-12-5-4-10(15)7-11(12)16(17)18/h2-7H,1H3. The largest absolute Gasteiger partial charge is 0.450 e. The maximum Gasteiger partial charge on any atom is 0.314 e. The van der Waals surface area contributed by atoms with Crippen molar-refractivity contribution in [3.63, 3.8) is 0 Å². The summed E-state index contributed by atoms with van der Waals surface area (Å²) in [4.78, 5) is 10.2. The molecule has 2 aromatic rings. The van der Waals surface area contributed by atoms with E-state index in [0.717, 1.165) is 22.2 Å². The van der Waals surface area contributed by atoms with Gasteiger partial charge in [0.1, 0.15) is 11.6 Å². The van der Waals surface area contributed by atoms with Crippen LogP contribution in [0.1, 0.15) is 5.56 Å². The zero-order valence-electron chi connectivity index (χ0n) is 9.89. The van der Waals surface area contributed by atoms with Crippen molar-refractivity contribution >= 4 is 21.6 Å². The minimum Gasteiger partial charge on any atom is -0.450 e. The topological polar surface area (TPSA) is 52.4 Å². The lowest BCUT2D eigenvalue weighted by molar-refractivity contribution is -0.385. The fraction of sp³-hybridized carbons (Fsp3) is 0.0769. The Morgan fingerprint density at radius 2 is 1.95 bits per heavy atom.